The molecular formula is C15H24N2O4S. The molecule has 6 nitrogen and oxygen atoms in total. The number of sulfonamides is 1. The van der Waals surface area contributed by atoms with E-state index in [1.807, 2.05) is 6.92 Å². The number of hydrogen-bond acceptors (Lipinski definition) is 4. The molecule has 0 radical (unpaired) electrons. The molecule has 0 unspecified atom stereocenters. The van der Waals surface area contributed by atoms with Crippen LogP contribution in [0.5, 0.6) is 5.75 Å². The first-order chi connectivity index (χ1) is 10.4. The summed E-state index contributed by atoms with van der Waals surface area (Å²) in [6, 6.07) is 4.71. The maximum Gasteiger partial charge on any atom is 0.240 e. The minimum absolute atomic E-state index is 0.00917. The molecule has 0 saturated carbocycles. The molecule has 0 aliphatic rings. The van der Waals surface area contributed by atoms with Crippen LogP contribution in [0.15, 0.2) is 23.1 Å². The summed E-state index contributed by atoms with van der Waals surface area (Å²) >= 11 is 0. The summed E-state index contributed by atoms with van der Waals surface area (Å²) in [7, 11) is -3.45. The molecule has 0 aromatic heterocycles. The van der Waals surface area contributed by atoms with E-state index >= 15 is 0 Å². The molecule has 0 aliphatic heterocycles. The SMILES string of the molecule is CCCC(=O)NCCOc1ccc(S(=O)(=O)NCC)cc1C. The molecule has 0 bridgehead atoms. The summed E-state index contributed by atoms with van der Waals surface area (Å²) in [5.41, 5.74) is 0.735. The van der Waals surface area contributed by atoms with E-state index in [1.165, 1.54) is 6.07 Å². The molecule has 0 aliphatic carbocycles. The van der Waals surface area contributed by atoms with Crippen LogP contribution in [0, 0.1) is 6.92 Å². The summed E-state index contributed by atoms with van der Waals surface area (Å²) in [5, 5.41) is 2.76. The summed E-state index contributed by atoms with van der Waals surface area (Å²) < 4.78 is 31.8. The summed E-state index contributed by atoms with van der Waals surface area (Å²) in [6.45, 7) is 6.58. The first-order valence-corrected chi connectivity index (χ1v) is 8.88. The van der Waals surface area contributed by atoms with Crippen molar-refractivity contribution < 1.29 is 17.9 Å². The summed E-state index contributed by atoms with van der Waals surface area (Å²) in [6.07, 6.45) is 1.32. The van der Waals surface area contributed by atoms with Gasteiger partial charge in [0.15, 0.2) is 0 Å². The molecule has 0 spiro atoms. The fourth-order valence-electron chi connectivity index (χ4n) is 1.89. The van der Waals surface area contributed by atoms with E-state index < -0.39 is 10.0 Å². The van der Waals surface area contributed by atoms with Gasteiger partial charge in [-0.2, -0.15) is 0 Å². The van der Waals surface area contributed by atoms with Crippen molar-refractivity contribution in [3.63, 3.8) is 0 Å². The zero-order valence-electron chi connectivity index (χ0n) is 13.3. The molecule has 1 aromatic rings. The molecule has 2 N–H and O–H groups in total. The summed E-state index contributed by atoms with van der Waals surface area (Å²) in [4.78, 5) is 11.5. The average molecular weight is 328 g/mol. The van der Waals surface area contributed by atoms with Crippen LogP contribution in [-0.2, 0) is 14.8 Å². The van der Waals surface area contributed by atoms with E-state index in [0.717, 1.165) is 12.0 Å². The number of carbonyl (C=O) groups excluding carboxylic acids is 1. The van der Waals surface area contributed by atoms with E-state index in [1.54, 1.807) is 26.0 Å². The summed E-state index contributed by atoms with van der Waals surface area (Å²) in [5.74, 6) is 0.620. The number of carbonyl (C=O) groups is 1. The lowest BCUT2D eigenvalue weighted by Gasteiger charge is -2.11. The maximum atomic E-state index is 11.9. The smallest absolute Gasteiger partial charge is 0.240 e. The highest BCUT2D eigenvalue weighted by Gasteiger charge is 2.14. The third-order valence-corrected chi connectivity index (χ3v) is 4.49. The Morgan fingerprint density at radius 3 is 2.59 bits per heavy atom. The largest absolute Gasteiger partial charge is 0.491 e. The van der Waals surface area contributed by atoms with Crippen LogP contribution >= 0.6 is 0 Å². The quantitative estimate of drug-likeness (QED) is 0.674. The van der Waals surface area contributed by atoms with Crippen molar-refractivity contribution in [3.8, 4) is 5.75 Å². The molecule has 22 heavy (non-hydrogen) atoms. The predicted octanol–water partition coefficient (Wildman–Crippen LogP) is 1.59. The Morgan fingerprint density at radius 2 is 2.00 bits per heavy atom. The second-order valence-corrected chi connectivity index (χ2v) is 6.64. The molecule has 124 valence electrons. The van der Waals surface area contributed by atoms with Crippen molar-refractivity contribution in [2.75, 3.05) is 19.7 Å². The van der Waals surface area contributed by atoms with Crippen molar-refractivity contribution >= 4 is 15.9 Å². The van der Waals surface area contributed by atoms with Gasteiger partial charge in [0, 0.05) is 13.0 Å². The molecule has 1 aromatic carbocycles. The topological polar surface area (TPSA) is 84.5 Å². The number of ether oxygens (including phenoxy) is 1. The number of benzene rings is 1. The maximum absolute atomic E-state index is 11.9. The second kappa shape index (κ2) is 8.75. The van der Waals surface area contributed by atoms with Crippen LogP contribution in [0.2, 0.25) is 0 Å². The molecule has 0 fully saturated rings. The van der Waals surface area contributed by atoms with Crippen molar-refractivity contribution in [3.05, 3.63) is 23.8 Å². The third kappa shape index (κ3) is 5.65. The highest BCUT2D eigenvalue weighted by Crippen LogP contribution is 2.21. The van der Waals surface area contributed by atoms with Crippen molar-refractivity contribution in [2.45, 2.75) is 38.5 Å². The minimum Gasteiger partial charge on any atom is -0.491 e. The number of amides is 1. The van der Waals surface area contributed by atoms with Crippen LogP contribution in [-0.4, -0.2) is 34.0 Å². The van der Waals surface area contributed by atoms with Crippen LogP contribution in [0.4, 0.5) is 0 Å². The molecule has 7 heteroatoms. The lowest BCUT2D eigenvalue weighted by molar-refractivity contribution is -0.121. The van der Waals surface area contributed by atoms with E-state index in [0.29, 0.717) is 31.9 Å². The van der Waals surface area contributed by atoms with Crippen LogP contribution in [0.1, 0.15) is 32.3 Å². The Labute approximate surface area is 132 Å². The fraction of sp³-hybridized carbons (Fsp3) is 0.533. The van der Waals surface area contributed by atoms with E-state index in [4.69, 9.17) is 4.74 Å². The van der Waals surface area contributed by atoms with Gasteiger partial charge in [-0.1, -0.05) is 13.8 Å². The number of rotatable bonds is 9. The van der Waals surface area contributed by atoms with Gasteiger partial charge in [-0.25, -0.2) is 13.1 Å². The van der Waals surface area contributed by atoms with Crippen molar-refractivity contribution in [1.29, 1.82) is 0 Å². The standard InChI is InChI=1S/C15H24N2O4S/c1-4-6-15(18)16-9-10-21-14-8-7-13(11-12(14)3)22(19,20)17-5-2/h7-8,11,17H,4-6,9-10H2,1-3H3,(H,16,18). The zero-order chi connectivity index (χ0) is 16.6. The Balaban J connectivity index is 2.58. The molecule has 0 atom stereocenters. The van der Waals surface area contributed by atoms with Gasteiger partial charge in [-0.15, -0.1) is 0 Å². The van der Waals surface area contributed by atoms with E-state index in [2.05, 4.69) is 10.0 Å². The van der Waals surface area contributed by atoms with Gasteiger partial charge in [-0.3, -0.25) is 4.79 Å². The molecule has 1 amide bonds. The monoisotopic (exact) mass is 328 g/mol. The van der Waals surface area contributed by atoms with Crippen LogP contribution in [0.25, 0.3) is 0 Å². The van der Waals surface area contributed by atoms with Gasteiger partial charge in [0.05, 0.1) is 11.4 Å². The van der Waals surface area contributed by atoms with Crippen LogP contribution in [0.3, 0.4) is 0 Å². The van der Waals surface area contributed by atoms with Gasteiger partial charge in [-0.05, 0) is 37.1 Å². The minimum atomic E-state index is -3.45. The average Bonchev–Trinajstić information content (AvgIpc) is 2.45. The van der Waals surface area contributed by atoms with Gasteiger partial charge in [0.25, 0.3) is 0 Å². The van der Waals surface area contributed by atoms with E-state index in [9.17, 15) is 13.2 Å². The molecule has 1 rings (SSSR count). The lowest BCUT2D eigenvalue weighted by Crippen LogP contribution is -2.27. The predicted molar refractivity (Wildman–Crippen MR) is 85.5 cm³/mol. The Bertz CT molecular complexity index is 600. The molecular weight excluding hydrogens is 304 g/mol. The zero-order valence-corrected chi connectivity index (χ0v) is 14.1. The Hall–Kier alpha value is -1.60. The normalized spacial score (nSPS) is 11.2. The van der Waals surface area contributed by atoms with Crippen molar-refractivity contribution in [1.82, 2.24) is 10.0 Å². The number of nitrogens with one attached hydrogen (secondary N) is 2. The van der Waals surface area contributed by atoms with Gasteiger partial charge < -0.3 is 10.1 Å². The van der Waals surface area contributed by atoms with Gasteiger partial charge in [0.2, 0.25) is 15.9 Å². The number of aryl methyl sites for hydroxylation is 1. The van der Waals surface area contributed by atoms with Gasteiger partial charge >= 0.3 is 0 Å². The Kier molecular flexibility index (Phi) is 7.34. The van der Waals surface area contributed by atoms with Crippen LogP contribution < -0.4 is 14.8 Å². The highest BCUT2D eigenvalue weighted by atomic mass is 32.2. The van der Waals surface area contributed by atoms with Gasteiger partial charge in [0.1, 0.15) is 12.4 Å². The van der Waals surface area contributed by atoms with E-state index in [-0.39, 0.29) is 10.8 Å². The fourth-order valence-corrected chi connectivity index (χ4v) is 3.02. The third-order valence-electron chi connectivity index (χ3n) is 2.95. The first-order valence-electron chi connectivity index (χ1n) is 7.40. The second-order valence-electron chi connectivity index (χ2n) is 4.88. The molecule has 0 heterocycles. The molecule has 0 saturated heterocycles. The lowest BCUT2D eigenvalue weighted by atomic mass is 10.2. The number of hydrogen-bond donors (Lipinski definition) is 2. The highest BCUT2D eigenvalue weighted by molar-refractivity contribution is 7.89. The first kappa shape index (κ1) is 18.4. The Morgan fingerprint density at radius 1 is 1.27 bits per heavy atom. The van der Waals surface area contributed by atoms with Crippen molar-refractivity contribution in [2.24, 2.45) is 0 Å².